The number of carbonyl (C=O) groups is 2. The van der Waals surface area contributed by atoms with Crippen LogP contribution < -0.4 is 15.4 Å². The average Bonchev–Trinajstić information content (AvgIpc) is 3.13. The second-order valence-corrected chi connectivity index (χ2v) is 8.85. The summed E-state index contributed by atoms with van der Waals surface area (Å²) in [6, 6.07) is 8.11. The maximum atomic E-state index is 13.0. The summed E-state index contributed by atoms with van der Waals surface area (Å²) in [6.07, 6.45) is 4.67. The Bertz CT molecular complexity index is 970. The number of nitrogens with one attached hydrogen (secondary N) is 2. The van der Waals surface area contributed by atoms with Gasteiger partial charge in [-0.1, -0.05) is 12.1 Å². The van der Waals surface area contributed by atoms with E-state index in [1.807, 2.05) is 26.1 Å². The number of aryl methyl sites for hydroxylation is 1. The lowest BCUT2D eigenvalue weighted by atomic mass is 9.88. The number of likely N-dealkylation sites (tertiary alicyclic amines) is 1. The lowest BCUT2D eigenvalue weighted by molar-refractivity contribution is -0.122. The fraction of sp³-hybridized carbons (Fsp3) is 0.522. The van der Waals surface area contributed by atoms with E-state index in [-0.39, 0.29) is 36.0 Å². The van der Waals surface area contributed by atoms with Gasteiger partial charge in [-0.15, -0.1) is 0 Å². The van der Waals surface area contributed by atoms with Gasteiger partial charge in [0.05, 0.1) is 36.8 Å². The number of anilines is 1. The van der Waals surface area contributed by atoms with Crippen molar-refractivity contribution in [3.63, 3.8) is 0 Å². The molecule has 2 N–H and O–H groups in total. The Hall–Kier alpha value is -2.87. The number of hydrogen-bond donors (Lipinski definition) is 2. The number of methoxy groups -OCH3 is 1. The predicted octanol–water partition coefficient (Wildman–Crippen LogP) is 2.55. The Labute approximate surface area is 182 Å². The van der Waals surface area contributed by atoms with Crippen molar-refractivity contribution >= 4 is 17.5 Å². The van der Waals surface area contributed by atoms with E-state index in [1.165, 1.54) is 0 Å². The molecule has 0 spiro atoms. The van der Waals surface area contributed by atoms with Crippen molar-refractivity contribution in [2.45, 2.75) is 57.2 Å². The van der Waals surface area contributed by atoms with Crippen LogP contribution in [0.25, 0.3) is 0 Å². The van der Waals surface area contributed by atoms with Gasteiger partial charge in [-0.3, -0.25) is 19.2 Å². The molecule has 1 aromatic carbocycles. The van der Waals surface area contributed by atoms with E-state index in [1.54, 1.807) is 18.0 Å². The highest BCUT2D eigenvalue weighted by Gasteiger charge is 2.51. The van der Waals surface area contributed by atoms with Crippen molar-refractivity contribution < 1.29 is 14.3 Å². The number of carbonyl (C=O) groups excluding carboxylic acids is 2. The number of amides is 2. The van der Waals surface area contributed by atoms with Gasteiger partial charge in [0.25, 0.3) is 0 Å². The van der Waals surface area contributed by atoms with Crippen LogP contribution in [0.4, 0.5) is 5.69 Å². The highest BCUT2D eigenvalue weighted by atomic mass is 16.5. The first-order chi connectivity index (χ1) is 14.8. The molecule has 0 unspecified atom stereocenters. The molecule has 31 heavy (non-hydrogen) atoms. The number of nitrogens with zero attached hydrogens (tertiary/aromatic N) is 3. The van der Waals surface area contributed by atoms with Gasteiger partial charge in [0.1, 0.15) is 5.75 Å². The number of fused-ring (bicyclic) bond motifs is 1. The Morgan fingerprint density at radius 2 is 2.10 bits per heavy atom. The molecule has 2 aliphatic heterocycles. The van der Waals surface area contributed by atoms with Gasteiger partial charge < -0.3 is 15.4 Å². The molecule has 4 rings (SSSR count). The summed E-state index contributed by atoms with van der Waals surface area (Å²) in [6.45, 7) is 4.29. The van der Waals surface area contributed by atoms with Crippen molar-refractivity contribution in [2.24, 2.45) is 7.05 Å². The first kappa shape index (κ1) is 21.4. The third-order valence-electron chi connectivity index (χ3n) is 6.80. The number of benzene rings is 1. The monoisotopic (exact) mass is 425 g/mol. The molecule has 2 saturated heterocycles. The molecular formula is C23H31N5O3. The van der Waals surface area contributed by atoms with E-state index >= 15 is 0 Å². The molecule has 2 aromatic rings. The van der Waals surface area contributed by atoms with Crippen molar-refractivity contribution in [2.75, 3.05) is 19.0 Å². The van der Waals surface area contributed by atoms with E-state index in [0.29, 0.717) is 6.42 Å². The molecular weight excluding hydrogens is 394 g/mol. The molecule has 0 aliphatic carbocycles. The molecule has 166 valence electrons. The zero-order chi connectivity index (χ0) is 22.2. The molecule has 0 radical (unpaired) electrons. The van der Waals surface area contributed by atoms with Crippen LogP contribution in [0.5, 0.6) is 5.75 Å². The lowest BCUT2D eigenvalue weighted by Gasteiger charge is -2.34. The molecule has 2 amide bonds. The maximum Gasteiger partial charge on any atom is 0.238 e. The van der Waals surface area contributed by atoms with Gasteiger partial charge in [-0.25, -0.2) is 0 Å². The van der Waals surface area contributed by atoms with Crippen LogP contribution in [0.3, 0.4) is 0 Å². The van der Waals surface area contributed by atoms with E-state index < -0.39 is 0 Å². The van der Waals surface area contributed by atoms with Gasteiger partial charge in [-0.05, 0) is 50.8 Å². The summed E-state index contributed by atoms with van der Waals surface area (Å²) in [5, 5.41) is 10.5. The third kappa shape index (κ3) is 4.17. The first-order valence-corrected chi connectivity index (χ1v) is 10.8. The summed E-state index contributed by atoms with van der Waals surface area (Å²) in [4.78, 5) is 27.6. The van der Waals surface area contributed by atoms with E-state index in [4.69, 9.17) is 4.74 Å². The minimum atomic E-state index is -0.372. The van der Waals surface area contributed by atoms with Crippen molar-refractivity contribution in [1.29, 1.82) is 0 Å². The lowest BCUT2D eigenvalue weighted by Crippen LogP contribution is -2.53. The van der Waals surface area contributed by atoms with Crippen molar-refractivity contribution in [3.05, 3.63) is 41.7 Å². The summed E-state index contributed by atoms with van der Waals surface area (Å²) >= 11 is 0. The fourth-order valence-corrected chi connectivity index (χ4v) is 5.03. The minimum Gasteiger partial charge on any atom is -0.497 e. The van der Waals surface area contributed by atoms with Crippen LogP contribution in [0.15, 0.2) is 30.5 Å². The molecule has 3 atom stereocenters. The molecule has 8 nitrogen and oxygen atoms in total. The fourth-order valence-electron chi connectivity index (χ4n) is 5.03. The van der Waals surface area contributed by atoms with Gasteiger partial charge in [0.15, 0.2) is 0 Å². The van der Waals surface area contributed by atoms with Crippen LogP contribution in [-0.4, -0.2) is 51.7 Å². The smallest absolute Gasteiger partial charge is 0.238 e. The average molecular weight is 426 g/mol. The number of rotatable bonds is 5. The Morgan fingerprint density at radius 3 is 2.74 bits per heavy atom. The Balaban J connectivity index is 1.61. The zero-order valence-electron chi connectivity index (χ0n) is 18.6. The molecule has 3 heterocycles. The van der Waals surface area contributed by atoms with Crippen molar-refractivity contribution in [3.8, 4) is 5.75 Å². The standard InChI is InChI=1S/C23H31N5O3/c1-15-18(13-24-27(15)3)25-22(30)14-28-19(16-8-10-17(31-4)11-9-16)12-23(2)20(28)6-5-7-21(29)26-23/h8-11,13,19-20H,5-7,12,14H2,1-4H3,(H,25,30)(H,26,29)/t19-,20-,23-/m0/s1. The van der Waals surface area contributed by atoms with E-state index in [9.17, 15) is 9.59 Å². The third-order valence-corrected chi connectivity index (χ3v) is 6.80. The van der Waals surface area contributed by atoms with Crippen LogP contribution in [0.2, 0.25) is 0 Å². The molecule has 2 aliphatic rings. The largest absolute Gasteiger partial charge is 0.497 e. The van der Waals surface area contributed by atoms with Crippen molar-refractivity contribution in [1.82, 2.24) is 20.0 Å². The molecule has 0 saturated carbocycles. The zero-order valence-corrected chi connectivity index (χ0v) is 18.6. The minimum absolute atomic E-state index is 0.0278. The predicted molar refractivity (Wildman–Crippen MR) is 118 cm³/mol. The van der Waals surface area contributed by atoms with Crippen LogP contribution >= 0.6 is 0 Å². The maximum absolute atomic E-state index is 13.0. The first-order valence-electron chi connectivity index (χ1n) is 10.8. The van der Waals surface area contributed by atoms with Crippen LogP contribution in [0, 0.1) is 6.92 Å². The summed E-state index contributed by atoms with van der Waals surface area (Å²) in [5.74, 6) is 0.817. The van der Waals surface area contributed by atoms with Crippen LogP contribution in [0.1, 0.15) is 49.9 Å². The van der Waals surface area contributed by atoms with E-state index in [0.717, 1.165) is 42.0 Å². The molecule has 1 aromatic heterocycles. The Kier molecular flexibility index (Phi) is 5.75. The highest BCUT2D eigenvalue weighted by Crippen LogP contribution is 2.45. The normalized spacial score (nSPS) is 26.1. The Morgan fingerprint density at radius 1 is 1.35 bits per heavy atom. The molecule has 0 bridgehead atoms. The van der Waals surface area contributed by atoms with Gasteiger partial charge in [0.2, 0.25) is 11.8 Å². The number of ether oxygens (including phenoxy) is 1. The second-order valence-electron chi connectivity index (χ2n) is 8.85. The number of aromatic nitrogens is 2. The van der Waals surface area contributed by atoms with Gasteiger partial charge in [-0.2, -0.15) is 5.10 Å². The summed E-state index contributed by atoms with van der Waals surface area (Å²) < 4.78 is 7.04. The molecule has 8 heteroatoms. The van der Waals surface area contributed by atoms with Gasteiger partial charge >= 0.3 is 0 Å². The van der Waals surface area contributed by atoms with Gasteiger partial charge in [0, 0.05) is 25.6 Å². The topological polar surface area (TPSA) is 88.5 Å². The second kappa shape index (κ2) is 8.34. The summed E-state index contributed by atoms with van der Waals surface area (Å²) in [7, 11) is 3.50. The SMILES string of the molecule is COc1ccc([C@@H]2C[C@]3(C)NC(=O)CCC[C@@H]3N2CC(=O)Nc2cnn(C)c2C)cc1. The van der Waals surface area contributed by atoms with E-state index in [2.05, 4.69) is 39.7 Å². The molecule has 2 fully saturated rings. The summed E-state index contributed by atoms with van der Waals surface area (Å²) in [5.41, 5.74) is 2.38. The quantitative estimate of drug-likeness (QED) is 0.769. The highest BCUT2D eigenvalue weighted by molar-refractivity contribution is 5.92. The van der Waals surface area contributed by atoms with Crippen LogP contribution in [-0.2, 0) is 16.6 Å². The number of hydrogen-bond acceptors (Lipinski definition) is 5.